The topological polar surface area (TPSA) is 56.7 Å². The fourth-order valence-electron chi connectivity index (χ4n) is 1.55. The molecule has 0 unspecified atom stereocenters. The molecule has 2 N–H and O–H groups in total. The lowest BCUT2D eigenvalue weighted by Gasteiger charge is -2.07. The molecule has 0 saturated carbocycles. The number of rotatable bonds is 1. The number of pyridine rings is 1. The van der Waals surface area contributed by atoms with E-state index in [0.29, 0.717) is 11.5 Å². The second-order valence-corrected chi connectivity index (χ2v) is 4.56. The first-order chi connectivity index (χ1) is 7.50. The zero-order valence-corrected chi connectivity index (χ0v) is 11.0. The smallest absolute Gasteiger partial charge is 0.177 e. The minimum Gasteiger partial charge on any atom is -0.396 e. The van der Waals surface area contributed by atoms with Gasteiger partial charge in [-0.1, -0.05) is 0 Å². The third-order valence-electron chi connectivity index (χ3n) is 2.45. The van der Waals surface area contributed by atoms with E-state index < -0.39 is 0 Å². The maximum absolute atomic E-state index is 5.91. The first-order valence-corrected chi connectivity index (χ1v) is 5.75. The molecule has 0 amide bonds. The summed E-state index contributed by atoms with van der Waals surface area (Å²) in [6.45, 7) is 5.86. The van der Waals surface area contributed by atoms with Crippen LogP contribution in [0.2, 0.25) is 0 Å². The van der Waals surface area contributed by atoms with Crippen LogP contribution in [0.4, 0.5) is 5.69 Å². The molecule has 0 radical (unpaired) electrons. The first kappa shape index (κ1) is 11.1. The SMILES string of the molecule is Cc1ccc(N)c(-n2nc(C)c(Br)c2C)n1. The van der Waals surface area contributed by atoms with Crippen LogP contribution in [0.1, 0.15) is 17.1 Å². The molecule has 2 rings (SSSR count). The van der Waals surface area contributed by atoms with Crippen LogP contribution in [-0.4, -0.2) is 14.8 Å². The van der Waals surface area contributed by atoms with Crippen LogP contribution >= 0.6 is 15.9 Å². The minimum atomic E-state index is 0.628. The van der Waals surface area contributed by atoms with Crippen molar-refractivity contribution < 1.29 is 0 Å². The Morgan fingerprint density at radius 1 is 1.25 bits per heavy atom. The fraction of sp³-hybridized carbons (Fsp3) is 0.273. The van der Waals surface area contributed by atoms with Crippen molar-refractivity contribution in [2.45, 2.75) is 20.8 Å². The highest BCUT2D eigenvalue weighted by Gasteiger charge is 2.13. The van der Waals surface area contributed by atoms with Crippen molar-refractivity contribution in [3.8, 4) is 5.82 Å². The van der Waals surface area contributed by atoms with Crippen molar-refractivity contribution in [2.75, 3.05) is 5.73 Å². The van der Waals surface area contributed by atoms with Crippen molar-refractivity contribution >= 4 is 21.6 Å². The molecule has 4 nitrogen and oxygen atoms in total. The van der Waals surface area contributed by atoms with Gasteiger partial charge in [0.05, 0.1) is 21.5 Å². The molecule has 16 heavy (non-hydrogen) atoms. The maximum Gasteiger partial charge on any atom is 0.177 e. The van der Waals surface area contributed by atoms with Gasteiger partial charge in [-0.2, -0.15) is 5.10 Å². The van der Waals surface area contributed by atoms with Gasteiger partial charge in [-0.15, -0.1) is 0 Å². The Morgan fingerprint density at radius 3 is 2.50 bits per heavy atom. The van der Waals surface area contributed by atoms with Gasteiger partial charge in [0.25, 0.3) is 0 Å². The summed E-state index contributed by atoms with van der Waals surface area (Å²) >= 11 is 3.49. The minimum absolute atomic E-state index is 0.628. The Kier molecular flexibility index (Phi) is 2.71. The van der Waals surface area contributed by atoms with Gasteiger partial charge in [0, 0.05) is 5.69 Å². The molecule has 0 bridgehead atoms. The maximum atomic E-state index is 5.91. The lowest BCUT2D eigenvalue weighted by Crippen LogP contribution is -2.06. The molecular formula is C11H13BrN4. The molecule has 0 saturated heterocycles. The number of hydrogen-bond donors (Lipinski definition) is 1. The standard InChI is InChI=1S/C11H13BrN4/c1-6-4-5-9(13)11(14-6)16-8(3)10(12)7(2)15-16/h4-5H,13H2,1-3H3. The third kappa shape index (κ3) is 1.71. The molecule has 0 spiro atoms. The Morgan fingerprint density at radius 2 is 1.94 bits per heavy atom. The molecule has 2 aromatic rings. The predicted molar refractivity (Wildman–Crippen MR) is 67.7 cm³/mol. The van der Waals surface area contributed by atoms with Crippen LogP contribution in [-0.2, 0) is 0 Å². The summed E-state index contributed by atoms with van der Waals surface area (Å²) in [5, 5.41) is 4.41. The lowest BCUT2D eigenvalue weighted by atomic mass is 10.3. The molecule has 2 aromatic heterocycles. The van der Waals surface area contributed by atoms with Gasteiger partial charge in [-0.3, -0.25) is 0 Å². The molecule has 0 aliphatic rings. The second kappa shape index (κ2) is 3.90. The van der Waals surface area contributed by atoms with E-state index in [1.54, 1.807) is 4.68 Å². The number of halogens is 1. The molecule has 84 valence electrons. The van der Waals surface area contributed by atoms with Crippen LogP contribution in [0, 0.1) is 20.8 Å². The Bertz CT molecular complexity index is 545. The highest BCUT2D eigenvalue weighted by molar-refractivity contribution is 9.10. The summed E-state index contributed by atoms with van der Waals surface area (Å²) in [4.78, 5) is 4.41. The summed E-state index contributed by atoms with van der Waals surface area (Å²) in [7, 11) is 0. The van der Waals surface area contributed by atoms with Gasteiger partial charge < -0.3 is 5.73 Å². The Hall–Kier alpha value is -1.36. The summed E-state index contributed by atoms with van der Waals surface area (Å²) in [6.07, 6.45) is 0. The molecular weight excluding hydrogens is 268 g/mol. The highest BCUT2D eigenvalue weighted by atomic mass is 79.9. The molecule has 0 atom stereocenters. The number of nitrogen functional groups attached to an aromatic ring is 1. The van der Waals surface area contributed by atoms with Crippen molar-refractivity contribution in [1.29, 1.82) is 0 Å². The van der Waals surface area contributed by atoms with Crippen molar-refractivity contribution in [3.05, 3.63) is 33.7 Å². The molecule has 0 aromatic carbocycles. The quantitative estimate of drug-likeness (QED) is 0.873. The van der Waals surface area contributed by atoms with E-state index in [1.807, 2.05) is 32.9 Å². The fourth-order valence-corrected chi connectivity index (χ4v) is 1.80. The van der Waals surface area contributed by atoms with Crippen LogP contribution in [0.25, 0.3) is 5.82 Å². The number of hydrogen-bond acceptors (Lipinski definition) is 3. The van der Waals surface area contributed by atoms with Gasteiger partial charge in [-0.05, 0) is 48.8 Å². The van der Waals surface area contributed by atoms with Gasteiger partial charge in [0.2, 0.25) is 0 Å². The largest absolute Gasteiger partial charge is 0.396 e. The third-order valence-corrected chi connectivity index (χ3v) is 3.60. The molecule has 0 aliphatic heterocycles. The molecule has 5 heteroatoms. The van der Waals surface area contributed by atoms with E-state index in [9.17, 15) is 0 Å². The molecule has 0 aliphatic carbocycles. The van der Waals surface area contributed by atoms with Crippen LogP contribution in [0.15, 0.2) is 16.6 Å². The predicted octanol–water partition coefficient (Wildman–Crippen LogP) is 2.54. The summed E-state index contributed by atoms with van der Waals surface area (Å²) in [5.41, 5.74) is 9.40. The van der Waals surface area contributed by atoms with Crippen LogP contribution < -0.4 is 5.73 Å². The number of aromatic nitrogens is 3. The van der Waals surface area contributed by atoms with Crippen LogP contribution in [0.5, 0.6) is 0 Å². The van der Waals surface area contributed by atoms with E-state index in [4.69, 9.17) is 5.73 Å². The summed E-state index contributed by atoms with van der Waals surface area (Å²) < 4.78 is 2.76. The van der Waals surface area contributed by atoms with Crippen molar-refractivity contribution in [3.63, 3.8) is 0 Å². The number of anilines is 1. The van der Waals surface area contributed by atoms with E-state index in [2.05, 4.69) is 26.0 Å². The zero-order chi connectivity index (χ0) is 11.9. The second-order valence-electron chi connectivity index (χ2n) is 3.76. The van der Waals surface area contributed by atoms with E-state index in [0.717, 1.165) is 21.6 Å². The van der Waals surface area contributed by atoms with Gasteiger partial charge in [0.1, 0.15) is 0 Å². The number of nitrogens with zero attached hydrogens (tertiary/aromatic N) is 3. The monoisotopic (exact) mass is 280 g/mol. The highest BCUT2D eigenvalue weighted by Crippen LogP contribution is 2.24. The van der Waals surface area contributed by atoms with E-state index >= 15 is 0 Å². The Balaban J connectivity index is 2.67. The molecule has 0 fully saturated rings. The van der Waals surface area contributed by atoms with Gasteiger partial charge in [0.15, 0.2) is 5.82 Å². The average molecular weight is 281 g/mol. The number of nitrogens with two attached hydrogens (primary N) is 1. The van der Waals surface area contributed by atoms with E-state index in [1.165, 1.54) is 0 Å². The zero-order valence-electron chi connectivity index (χ0n) is 9.45. The normalized spacial score (nSPS) is 10.8. The first-order valence-electron chi connectivity index (χ1n) is 4.96. The summed E-state index contributed by atoms with van der Waals surface area (Å²) in [5.74, 6) is 0.686. The van der Waals surface area contributed by atoms with Gasteiger partial charge in [-0.25, -0.2) is 9.67 Å². The molecule has 2 heterocycles. The van der Waals surface area contributed by atoms with Crippen LogP contribution in [0.3, 0.4) is 0 Å². The average Bonchev–Trinajstić information content (AvgIpc) is 2.50. The van der Waals surface area contributed by atoms with Crippen molar-refractivity contribution in [2.24, 2.45) is 0 Å². The van der Waals surface area contributed by atoms with Gasteiger partial charge >= 0.3 is 0 Å². The number of aryl methyl sites for hydroxylation is 2. The summed E-state index contributed by atoms with van der Waals surface area (Å²) in [6, 6.07) is 3.74. The van der Waals surface area contributed by atoms with Crippen molar-refractivity contribution in [1.82, 2.24) is 14.8 Å². The Labute approximate surface area is 103 Å². The lowest BCUT2D eigenvalue weighted by molar-refractivity contribution is 0.804. The van der Waals surface area contributed by atoms with E-state index in [-0.39, 0.29) is 0 Å².